The van der Waals surface area contributed by atoms with E-state index in [1.807, 2.05) is 12.3 Å². The monoisotopic (exact) mass is 472 g/mol. The topological polar surface area (TPSA) is 40.9 Å². The molecule has 5 heteroatoms. The highest BCUT2D eigenvalue weighted by Crippen LogP contribution is 2.38. The highest BCUT2D eigenvalue weighted by molar-refractivity contribution is 5.73. The molecule has 1 fully saturated rings. The lowest BCUT2D eigenvalue weighted by Gasteiger charge is -2.34. The molecular formula is C30H40N4O. The average molecular weight is 473 g/mol. The lowest BCUT2D eigenvalue weighted by atomic mass is 9.80. The summed E-state index contributed by atoms with van der Waals surface area (Å²) >= 11 is 0. The van der Waals surface area contributed by atoms with Gasteiger partial charge in [0.25, 0.3) is 5.56 Å². The van der Waals surface area contributed by atoms with Crippen LogP contribution < -0.4 is 10.5 Å². The molecule has 0 N–H and O–H groups in total. The van der Waals surface area contributed by atoms with Gasteiger partial charge in [0.2, 0.25) is 0 Å². The van der Waals surface area contributed by atoms with E-state index in [9.17, 15) is 4.79 Å². The van der Waals surface area contributed by atoms with Crippen LogP contribution in [0.4, 0.5) is 5.69 Å². The summed E-state index contributed by atoms with van der Waals surface area (Å²) in [5.74, 6) is 0.796. The lowest BCUT2D eigenvalue weighted by Crippen LogP contribution is -2.44. The van der Waals surface area contributed by atoms with Crippen LogP contribution in [0.1, 0.15) is 53.2 Å². The molecule has 5 nitrogen and oxygen atoms in total. The van der Waals surface area contributed by atoms with Crippen molar-refractivity contribution >= 4 is 16.9 Å². The molecule has 35 heavy (non-hydrogen) atoms. The average Bonchev–Trinajstić information content (AvgIpc) is 2.84. The first kappa shape index (κ1) is 25.2. The molecule has 0 spiro atoms. The predicted molar refractivity (Wildman–Crippen MR) is 148 cm³/mol. The number of piperazine rings is 1. The van der Waals surface area contributed by atoms with Crippen molar-refractivity contribution in [2.24, 2.45) is 11.8 Å². The zero-order valence-corrected chi connectivity index (χ0v) is 22.3. The Hall–Kier alpha value is -2.92. The smallest absolute Gasteiger partial charge is 0.258 e. The molecule has 2 unspecified atom stereocenters. The van der Waals surface area contributed by atoms with Gasteiger partial charge in [0.15, 0.2) is 0 Å². The summed E-state index contributed by atoms with van der Waals surface area (Å²) < 4.78 is 1.69. The number of likely N-dealkylation sites (N-methyl/N-ethyl adjacent to an activating group) is 1. The van der Waals surface area contributed by atoms with Crippen LogP contribution in [-0.2, 0) is 0 Å². The number of aromatic nitrogens is 2. The normalized spacial score (nSPS) is 20.9. The molecule has 0 amide bonds. The molecular weight excluding hydrogens is 432 g/mol. The van der Waals surface area contributed by atoms with Gasteiger partial charge in [0.1, 0.15) is 5.65 Å². The number of hydrogen-bond acceptors (Lipinski definition) is 4. The number of pyridine rings is 1. The Morgan fingerprint density at radius 2 is 1.94 bits per heavy atom. The molecule has 2 aliphatic rings. The molecule has 0 saturated carbocycles. The molecule has 2 aromatic rings. The van der Waals surface area contributed by atoms with Gasteiger partial charge in [-0.3, -0.25) is 9.20 Å². The minimum atomic E-state index is -0.0309. The van der Waals surface area contributed by atoms with Gasteiger partial charge in [-0.2, -0.15) is 0 Å². The molecule has 186 valence electrons. The first-order valence-corrected chi connectivity index (χ1v) is 12.9. The first-order valence-electron chi connectivity index (χ1n) is 12.9. The van der Waals surface area contributed by atoms with E-state index < -0.39 is 0 Å². The summed E-state index contributed by atoms with van der Waals surface area (Å²) in [5.41, 5.74) is 8.64. The van der Waals surface area contributed by atoms with Gasteiger partial charge in [-0.05, 0) is 80.5 Å². The first-order chi connectivity index (χ1) is 16.7. The highest BCUT2D eigenvalue weighted by atomic mass is 16.1. The van der Waals surface area contributed by atoms with Crippen LogP contribution in [0.5, 0.6) is 0 Å². The van der Waals surface area contributed by atoms with Gasteiger partial charge in [0, 0.05) is 38.4 Å². The van der Waals surface area contributed by atoms with E-state index in [0.29, 0.717) is 11.6 Å². The van der Waals surface area contributed by atoms with Crippen molar-refractivity contribution < 1.29 is 0 Å². The second kappa shape index (κ2) is 10.4. The molecule has 1 aliphatic heterocycles. The van der Waals surface area contributed by atoms with E-state index in [4.69, 9.17) is 4.98 Å². The van der Waals surface area contributed by atoms with Crippen molar-refractivity contribution in [3.63, 3.8) is 0 Å². The standard InChI is InChI=1S/C30H40N4O/c1-8-21(4)22(5)15-24-17-27(23(6)16-26(24)20(2)3)28-18-30(35)34-19-25(9-10-29(34)31-28)33-13-11-32(7)12-14-33/h9-10,15,17-19,21,23H,2,8,11-14,16H2,1,3-7H3/b22-15-. The predicted octanol–water partition coefficient (Wildman–Crippen LogP) is 5.73. The maximum absolute atomic E-state index is 13.2. The maximum atomic E-state index is 13.2. The van der Waals surface area contributed by atoms with Crippen molar-refractivity contribution in [3.05, 3.63) is 81.5 Å². The van der Waals surface area contributed by atoms with Crippen LogP contribution in [0.2, 0.25) is 0 Å². The molecule has 0 aromatic carbocycles. The molecule has 1 saturated heterocycles. The van der Waals surface area contributed by atoms with Gasteiger partial charge >= 0.3 is 0 Å². The van der Waals surface area contributed by atoms with Crippen molar-refractivity contribution in [1.82, 2.24) is 14.3 Å². The van der Waals surface area contributed by atoms with Gasteiger partial charge in [0.05, 0.1) is 11.4 Å². The Labute approximate surface area is 210 Å². The van der Waals surface area contributed by atoms with E-state index in [2.05, 4.69) is 76.3 Å². The van der Waals surface area contributed by atoms with E-state index >= 15 is 0 Å². The summed E-state index contributed by atoms with van der Waals surface area (Å²) in [5, 5.41) is 0. The Bertz CT molecular complexity index is 1270. The largest absolute Gasteiger partial charge is 0.368 e. The minimum Gasteiger partial charge on any atom is -0.368 e. The molecule has 4 rings (SSSR count). The second-order valence-corrected chi connectivity index (χ2v) is 10.5. The number of nitrogens with zero attached hydrogens (tertiary/aromatic N) is 4. The fourth-order valence-corrected chi connectivity index (χ4v) is 5.01. The van der Waals surface area contributed by atoms with Gasteiger partial charge in [-0.25, -0.2) is 4.98 Å². The second-order valence-electron chi connectivity index (χ2n) is 10.5. The summed E-state index contributed by atoms with van der Waals surface area (Å²) in [7, 11) is 2.15. The zero-order valence-electron chi connectivity index (χ0n) is 22.3. The van der Waals surface area contributed by atoms with Crippen LogP contribution >= 0.6 is 0 Å². The van der Waals surface area contributed by atoms with Crippen LogP contribution in [0.15, 0.2) is 70.2 Å². The fraction of sp³-hybridized carbons (Fsp3) is 0.467. The molecule has 2 aromatic heterocycles. The SMILES string of the molecule is C=C(C)C1=C(/C=C(/C)C(C)CC)C=C(c2cc(=O)n3cc(N4CCN(C)CC4)ccc3n2)C(C)C1. The third-order valence-corrected chi connectivity index (χ3v) is 7.80. The van der Waals surface area contributed by atoms with E-state index in [1.54, 1.807) is 10.5 Å². The molecule has 1 aliphatic carbocycles. The summed E-state index contributed by atoms with van der Waals surface area (Å²) in [6, 6.07) is 5.78. The number of hydrogen-bond donors (Lipinski definition) is 0. The summed E-state index contributed by atoms with van der Waals surface area (Å²) in [4.78, 5) is 22.8. The Balaban J connectivity index is 1.74. The summed E-state index contributed by atoms with van der Waals surface area (Å²) in [6.45, 7) is 19.3. The fourth-order valence-electron chi connectivity index (χ4n) is 5.01. The van der Waals surface area contributed by atoms with Crippen LogP contribution in [0, 0.1) is 11.8 Å². The van der Waals surface area contributed by atoms with Crippen molar-refractivity contribution in [3.8, 4) is 0 Å². The van der Waals surface area contributed by atoms with E-state index in [-0.39, 0.29) is 11.5 Å². The highest BCUT2D eigenvalue weighted by Gasteiger charge is 2.23. The number of anilines is 1. The minimum absolute atomic E-state index is 0.0309. The van der Waals surface area contributed by atoms with Gasteiger partial charge < -0.3 is 9.80 Å². The van der Waals surface area contributed by atoms with Crippen molar-refractivity contribution in [1.29, 1.82) is 0 Å². The van der Waals surface area contributed by atoms with Crippen LogP contribution in [0.3, 0.4) is 0 Å². The van der Waals surface area contributed by atoms with Crippen LogP contribution in [-0.4, -0.2) is 47.5 Å². The maximum Gasteiger partial charge on any atom is 0.258 e. The molecule has 2 atom stereocenters. The third-order valence-electron chi connectivity index (χ3n) is 7.80. The molecule has 0 radical (unpaired) electrons. The van der Waals surface area contributed by atoms with Gasteiger partial charge in [-0.1, -0.05) is 44.6 Å². The zero-order chi connectivity index (χ0) is 25.3. The van der Waals surface area contributed by atoms with Crippen LogP contribution in [0.25, 0.3) is 11.2 Å². The number of rotatable bonds is 6. The lowest BCUT2D eigenvalue weighted by molar-refractivity contribution is 0.313. The molecule has 3 heterocycles. The Kier molecular flexibility index (Phi) is 7.46. The van der Waals surface area contributed by atoms with E-state index in [0.717, 1.165) is 61.5 Å². The third kappa shape index (κ3) is 5.35. The van der Waals surface area contributed by atoms with Gasteiger partial charge in [-0.15, -0.1) is 0 Å². The number of fused-ring (bicyclic) bond motifs is 1. The Morgan fingerprint density at radius 3 is 2.60 bits per heavy atom. The Morgan fingerprint density at radius 1 is 1.23 bits per heavy atom. The molecule has 0 bridgehead atoms. The quantitative estimate of drug-likeness (QED) is 0.538. The summed E-state index contributed by atoms with van der Waals surface area (Å²) in [6.07, 6.45) is 8.51. The van der Waals surface area contributed by atoms with Crippen molar-refractivity contribution in [2.75, 3.05) is 38.1 Å². The van der Waals surface area contributed by atoms with Crippen molar-refractivity contribution in [2.45, 2.75) is 47.5 Å². The number of allylic oxidation sites excluding steroid dienone is 7. The van der Waals surface area contributed by atoms with E-state index in [1.165, 1.54) is 16.7 Å².